The summed E-state index contributed by atoms with van der Waals surface area (Å²) in [5, 5.41) is 2.29. The lowest BCUT2D eigenvalue weighted by molar-refractivity contribution is 0.650. The van der Waals surface area contributed by atoms with Crippen molar-refractivity contribution in [3.63, 3.8) is 0 Å². The second kappa shape index (κ2) is 3.16. The minimum Gasteiger partial charge on any atom is -0.436 e. The monoisotopic (exact) mass is 237 g/mol. The Labute approximate surface area is 100 Å². The van der Waals surface area contributed by atoms with Crippen LogP contribution in [0.5, 0.6) is 0 Å². The van der Waals surface area contributed by atoms with E-state index in [1.807, 2.05) is 18.2 Å². The van der Waals surface area contributed by atoms with E-state index >= 15 is 0 Å². The summed E-state index contributed by atoms with van der Waals surface area (Å²) in [6.07, 6.45) is 3.06. The fourth-order valence-corrected chi connectivity index (χ4v) is 2.26. The lowest BCUT2D eigenvalue weighted by Crippen LogP contribution is -2.05. The van der Waals surface area contributed by atoms with Gasteiger partial charge in [0, 0.05) is 10.8 Å². The number of nitrogens with zero attached hydrogens (tertiary/aromatic N) is 2. The van der Waals surface area contributed by atoms with Crippen molar-refractivity contribution in [2.45, 2.75) is 0 Å². The Morgan fingerprint density at radius 1 is 1.17 bits per heavy atom. The maximum absolute atomic E-state index is 11.9. The Bertz CT molecular complexity index is 953. The van der Waals surface area contributed by atoms with Gasteiger partial charge >= 0.3 is 0 Å². The number of aromatic nitrogens is 3. The van der Waals surface area contributed by atoms with E-state index in [4.69, 9.17) is 4.42 Å². The zero-order chi connectivity index (χ0) is 12.1. The highest BCUT2D eigenvalue weighted by atomic mass is 16.3. The normalized spacial score (nSPS) is 11.6. The lowest BCUT2D eigenvalue weighted by atomic mass is 10.1. The van der Waals surface area contributed by atoms with Gasteiger partial charge in [0.25, 0.3) is 5.56 Å². The molecule has 4 rings (SSSR count). The molecule has 0 aliphatic heterocycles. The molecule has 86 valence electrons. The second-order valence-electron chi connectivity index (χ2n) is 4.04. The third kappa shape index (κ3) is 1.08. The van der Waals surface area contributed by atoms with Crippen LogP contribution >= 0.6 is 0 Å². The van der Waals surface area contributed by atoms with E-state index in [0.717, 1.165) is 10.8 Å². The summed E-state index contributed by atoms with van der Waals surface area (Å²) >= 11 is 0. The summed E-state index contributed by atoms with van der Waals surface area (Å²) < 4.78 is 5.56. The highest BCUT2D eigenvalue weighted by Crippen LogP contribution is 2.29. The van der Waals surface area contributed by atoms with Crippen LogP contribution in [0.3, 0.4) is 0 Å². The summed E-state index contributed by atoms with van der Waals surface area (Å²) in [5.74, 6) is 0. The third-order valence-electron chi connectivity index (χ3n) is 3.02. The summed E-state index contributed by atoms with van der Waals surface area (Å²) in [6, 6.07) is 7.40. The predicted molar refractivity (Wildman–Crippen MR) is 67.4 cm³/mol. The molecule has 3 aromatic heterocycles. The van der Waals surface area contributed by atoms with Crippen molar-refractivity contribution in [2.75, 3.05) is 0 Å². The molecule has 0 fully saturated rings. The first kappa shape index (κ1) is 9.35. The molecule has 0 unspecified atom stereocenters. The van der Waals surface area contributed by atoms with Crippen molar-refractivity contribution in [3.8, 4) is 0 Å². The van der Waals surface area contributed by atoms with Crippen LogP contribution in [0.25, 0.3) is 33.0 Å². The lowest BCUT2D eigenvalue weighted by Gasteiger charge is -1.97. The summed E-state index contributed by atoms with van der Waals surface area (Å²) in [7, 11) is 0. The molecule has 0 spiro atoms. The molecule has 18 heavy (non-hydrogen) atoms. The number of pyridine rings is 1. The topological polar surface area (TPSA) is 71.8 Å². The maximum atomic E-state index is 11.9. The predicted octanol–water partition coefficient (Wildman–Crippen LogP) is 2.22. The zero-order valence-corrected chi connectivity index (χ0v) is 9.18. The van der Waals surface area contributed by atoms with Crippen LogP contribution in [0.1, 0.15) is 0 Å². The second-order valence-corrected chi connectivity index (χ2v) is 4.04. The Morgan fingerprint density at radius 3 is 2.89 bits per heavy atom. The molecule has 1 N–H and O–H groups in total. The van der Waals surface area contributed by atoms with Crippen molar-refractivity contribution < 1.29 is 4.42 Å². The molecular weight excluding hydrogens is 230 g/mol. The average molecular weight is 237 g/mol. The van der Waals surface area contributed by atoms with Crippen LogP contribution < -0.4 is 5.56 Å². The van der Waals surface area contributed by atoms with Gasteiger partial charge in [-0.15, -0.1) is 0 Å². The van der Waals surface area contributed by atoms with Crippen LogP contribution in [-0.2, 0) is 0 Å². The van der Waals surface area contributed by atoms with Gasteiger partial charge in [-0.1, -0.05) is 18.2 Å². The highest BCUT2D eigenvalue weighted by Gasteiger charge is 2.13. The molecule has 0 atom stereocenters. The number of hydrogen-bond donors (Lipinski definition) is 1. The van der Waals surface area contributed by atoms with E-state index in [2.05, 4.69) is 15.0 Å². The minimum atomic E-state index is -0.162. The van der Waals surface area contributed by atoms with Gasteiger partial charge in [-0.25, -0.2) is 9.97 Å². The van der Waals surface area contributed by atoms with E-state index in [1.54, 1.807) is 12.3 Å². The number of benzene rings is 1. The van der Waals surface area contributed by atoms with Crippen LogP contribution in [0.4, 0.5) is 0 Å². The van der Waals surface area contributed by atoms with Gasteiger partial charge in [-0.05, 0) is 6.07 Å². The van der Waals surface area contributed by atoms with Gasteiger partial charge in [0.2, 0.25) is 5.71 Å². The van der Waals surface area contributed by atoms with Gasteiger partial charge < -0.3 is 4.42 Å². The van der Waals surface area contributed by atoms with Gasteiger partial charge in [-0.3, -0.25) is 9.78 Å². The van der Waals surface area contributed by atoms with E-state index in [9.17, 15) is 4.79 Å². The molecule has 0 bridgehead atoms. The van der Waals surface area contributed by atoms with Crippen molar-refractivity contribution >= 4 is 33.0 Å². The standard InChI is InChI=1S/C13H7N3O2/c17-12-8-4-2-1-3-7(8)10-11-9(5-14-6-15-11)18-13(10)16-12/h1-6H,(H,16,17). The molecule has 0 saturated carbocycles. The first-order valence-electron chi connectivity index (χ1n) is 5.48. The van der Waals surface area contributed by atoms with Crippen LogP contribution in [0.15, 0.2) is 46.0 Å². The molecule has 3 heterocycles. The Balaban J connectivity index is 2.43. The molecule has 0 saturated heterocycles. The number of rotatable bonds is 0. The van der Waals surface area contributed by atoms with Gasteiger partial charge in [0.1, 0.15) is 11.8 Å². The molecule has 5 heteroatoms. The van der Waals surface area contributed by atoms with Gasteiger partial charge in [0.05, 0.1) is 11.6 Å². The molecule has 1 aromatic carbocycles. The third-order valence-corrected chi connectivity index (χ3v) is 3.02. The van der Waals surface area contributed by atoms with E-state index in [0.29, 0.717) is 22.2 Å². The number of fused-ring (bicyclic) bond motifs is 5. The minimum absolute atomic E-state index is 0.162. The summed E-state index contributed by atoms with van der Waals surface area (Å²) in [5.41, 5.74) is 1.56. The molecule has 4 aromatic rings. The van der Waals surface area contributed by atoms with Crippen molar-refractivity contribution in [1.29, 1.82) is 0 Å². The molecule has 0 amide bonds. The summed E-state index contributed by atoms with van der Waals surface area (Å²) in [4.78, 5) is 22.8. The molecular formula is C13H7N3O2. The number of aromatic amines is 1. The molecule has 0 aliphatic rings. The number of nitrogens with one attached hydrogen (secondary N) is 1. The van der Waals surface area contributed by atoms with Crippen molar-refractivity contribution in [1.82, 2.24) is 15.0 Å². The fourth-order valence-electron chi connectivity index (χ4n) is 2.26. The zero-order valence-electron chi connectivity index (χ0n) is 9.18. The fraction of sp³-hybridized carbons (Fsp3) is 0. The SMILES string of the molecule is O=c1[nH]c2oc3cncnc3c2c2ccccc12. The first-order valence-corrected chi connectivity index (χ1v) is 5.48. The van der Waals surface area contributed by atoms with Gasteiger partial charge in [-0.2, -0.15) is 0 Å². The van der Waals surface area contributed by atoms with Crippen LogP contribution in [0, 0.1) is 0 Å². The number of furan rings is 1. The van der Waals surface area contributed by atoms with Crippen LogP contribution in [0.2, 0.25) is 0 Å². The smallest absolute Gasteiger partial charge is 0.258 e. The maximum Gasteiger partial charge on any atom is 0.258 e. The molecule has 0 radical (unpaired) electrons. The number of H-pyrrole nitrogens is 1. The average Bonchev–Trinajstić information content (AvgIpc) is 2.77. The quantitative estimate of drug-likeness (QED) is 0.509. The molecule has 5 nitrogen and oxygen atoms in total. The van der Waals surface area contributed by atoms with Crippen molar-refractivity contribution in [2.24, 2.45) is 0 Å². The van der Waals surface area contributed by atoms with E-state index < -0.39 is 0 Å². The van der Waals surface area contributed by atoms with Crippen molar-refractivity contribution in [3.05, 3.63) is 47.1 Å². The Kier molecular flexibility index (Phi) is 1.64. The molecule has 0 aliphatic carbocycles. The Hall–Kier alpha value is -2.69. The summed E-state index contributed by atoms with van der Waals surface area (Å²) in [6.45, 7) is 0. The van der Waals surface area contributed by atoms with E-state index in [1.165, 1.54) is 6.33 Å². The van der Waals surface area contributed by atoms with E-state index in [-0.39, 0.29) is 5.56 Å². The highest BCUT2D eigenvalue weighted by molar-refractivity contribution is 6.15. The first-order chi connectivity index (χ1) is 8.84. The van der Waals surface area contributed by atoms with Gasteiger partial charge in [0.15, 0.2) is 5.58 Å². The Morgan fingerprint density at radius 2 is 2.00 bits per heavy atom. The largest absolute Gasteiger partial charge is 0.436 e. The van der Waals surface area contributed by atoms with Crippen LogP contribution in [-0.4, -0.2) is 15.0 Å². The number of hydrogen-bond acceptors (Lipinski definition) is 4.